The predicted octanol–water partition coefficient (Wildman–Crippen LogP) is 5.00. The minimum atomic E-state index is -2.44. The number of anilines is 2. The molecule has 3 rings (SSSR count). The number of amides is 2. The number of nitrogens with one attached hydrogen (secondary N) is 1. The molecule has 0 spiro atoms. The lowest BCUT2D eigenvalue weighted by Crippen LogP contribution is -2.57. The number of nitrogens with zero attached hydrogens (tertiary/aromatic N) is 3. The molecule has 166 valence electrons. The molecule has 1 heterocycles. The number of hydrogen-bond donors (Lipinski definition) is 1. The number of rotatable bonds is 6. The number of benzene rings is 2. The Morgan fingerprint density at radius 2 is 1.75 bits per heavy atom. The average molecular weight is 479 g/mol. The normalized spacial score (nSPS) is 13.7. The first kappa shape index (κ1) is 23.6. The molecule has 0 bridgehead atoms. The van der Waals surface area contributed by atoms with Crippen molar-refractivity contribution in [3.63, 3.8) is 0 Å². The number of aromatic nitrogens is 2. The number of alkyl halides is 2. The molecule has 3 aromatic rings. The second-order valence-corrected chi connectivity index (χ2v) is 7.91. The number of halogens is 4. The van der Waals surface area contributed by atoms with Crippen molar-refractivity contribution in [3.05, 3.63) is 83.2 Å². The molecule has 32 heavy (non-hydrogen) atoms. The highest BCUT2D eigenvalue weighted by Crippen LogP contribution is 2.36. The molecule has 2 atom stereocenters. The average Bonchev–Trinajstić information content (AvgIpc) is 2.77. The van der Waals surface area contributed by atoms with Crippen molar-refractivity contribution < 1.29 is 18.4 Å². The van der Waals surface area contributed by atoms with Crippen LogP contribution in [0.2, 0.25) is 5.02 Å². The van der Waals surface area contributed by atoms with E-state index in [2.05, 4.69) is 15.3 Å². The third kappa shape index (κ3) is 4.71. The van der Waals surface area contributed by atoms with E-state index < -0.39 is 28.8 Å². The zero-order valence-electron chi connectivity index (χ0n) is 17.0. The first-order valence-corrected chi connectivity index (χ1v) is 10.2. The molecule has 0 aliphatic rings. The maximum atomic E-state index is 14.4. The molecular formula is C22H18Cl2F2N4O2. The number of hydrogen-bond acceptors (Lipinski definition) is 4. The van der Waals surface area contributed by atoms with E-state index in [9.17, 15) is 18.4 Å². The Hall–Kier alpha value is -3.10. The summed E-state index contributed by atoms with van der Waals surface area (Å²) in [7, 11) is 0. The van der Waals surface area contributed by atoms with Gasteiger partial charge in [-0.3, -0.25) is 14.5 Å². The molecule has 0 aliphatic carbocycles. The van der Waals surface area contributed by atoms with Crippen LogP contribution in [0.3, 0.4) is 0 Å². The zero-order valence-corrected chi connectivity index (χ0v) is 18.5. The highest BCUT2D eigenvalue weighted by atomic mass is 35.5. The molecule has 0 aliphatic heterocycles. The third-order valence-corrected chi connectivity index (χ3v) is 5.31. The molecule has 0 fully saturated rings. The maximum Gasteiger partial charge on any atom is 0.278 e. The summed E-state index contributed by atoms with van der Waals surface area (Å²) in [6.07, 6.45) is 3.85. The van der Waals surface area contributed by atoms with Crippen molar-refractivity contribution in [2.45, 2.75) is 25.0 Å². The molecule has 2 amide bonds. The van der Waals surface area contributed by atoms with Gasteiger partial charge in [0, 0.05) is 28.7 Å². The van der Waals surface area contributed by atoms with Crippen LogP contribution in [0.4, 0.5) is 20.2 Å². The Balaban J connectivity index is 2.18. The SMILES string of the molecule is Cc1ccc(N(C(=O)[C@H](F)Cl)[C@@](C)(C(=O)Nc2ccc(Cl)cc2F)c2cncnc2)cc1. The van der Waals surface area contributed by atoms with Gasteiger partial charge in [0.25, 0.3) is 17.4 Å². The highest BCUT2D eigenvalue weighted by Gasteiger charge is 2.47. The molecule has 1 aromatic heterocycles. The fourth-order valence-electron chi connectivity index (χ4n) is 3.14. The largest absolute Gasteiger partial charge is 0.321 e. The van der Waals surface area contributed by atoms with E-state index in [1.54, 1.807) is 24.3 Å². The number of carbonyl (C=O) groups excluding carboxylic acids is 2. The van der Waals surface area contributed by atoms with E-state index in [0.29, 0.717) is 0 Å². The van der Waals surface area contributed by atoms with Crippen LogP contribution in [0.5, 0.6) is 0 Å². The smallest absolute Gasteiger partial charge is 0.278 e. The molecule has 1 N–H and O–H groups in total. The van der Waals surface area contributed by atoms with Crippen LogP contribution in [0.25, 0.3) is 0 Å². The summed E-state index contributed by atoms with van der Waals surface area (Å²) in [6, 6.07) is 10.2. The second-order valence-electron chi connectivity index (χ2n) is 7.09. The summed E-state index contributed by atoms with van der Waals surface area (Å²) < 4.78 is 28.5. The Morgan fingerprint density at radius 1 is 1.12 bits per heavy atom. The molecule has 0 saturated carbocycles. The van der Waals surface area contributed by atoms with Crippen LogP contribution in [0, 0.1) is 12.7 Å². The molecule has 0 unspecified atom stereocenters. The standard InChI is InChI=1S/C22H18Cl2F2N4O2/c1-13-3-6-16(7-4-13)30(20(31)19(24)26)22(2,14-10-27-12-28-11-14)21(32)29-18-8-5-15(23)9-17(18)25/h3-12,19H,1-2H3,(H,29,32)/t19-,22+/m0/s1. The molecule has 0 saturated heterocycles. The zero-order chi connectivity index (χ0) is 23.5. The van der Waals surface area contributed by atoms with Gasteiger partial charge in [-0.25, -0.2) is 18.7 Å². The number of carbonyl (C=O) groups is 2. The topological polar surface area (TPSA) is 75.2 Å². The van der Waals surface area contributed by atoms with Gasteiger partial charge in [-0.05, 0) is 44.2 Å². The van der Waals surface area contributed by atoms with Gasteiger partial charge in [-0.15, -0.1) is 0 Å². The van der Waals surface area contributed by atoms with Crippen LogP contribution in [0.15, 0.2) is 61.2 Å². The quantitative estimate of drug-likeness (QED) is 0.505. The van der Waals surface area contributed by atoms with E-state index >= 15 is 0 Å². The van der Waals surface area contributed by atoms with Gasteiger partial charge in [0.05, 0.1) is 5.69 Å². The Kier molecular flexibility index (Phi) is 7.06. The van der Waals surface area contributed by atoms with Gasteiger partial charge in [-0.1, -0.05) is 40.9 Å². The summed E-state index contributed by atoms with van der Waals surface area (Å²) >= 11 is 11.3. The van der Waals surface area contributed by atoms with E-state index in [0.717, 1.165) is 16.5 Å². The van der Waals surface area contributed by atoms with Gasteiger partial charge in [0.2, 0.25) is 0 Å². The van der Waals surface area contributed by atoms with Gasteiger partial charge in [0.1, 0.15) is 12.1 Å². The van der Waals surface area contributed by atoms with Crippen LogP contribution in [-0.4, -0.2) is 27.4 Å². The number of aryl methyl sites for hydroxylation is 1. The fourth-order valence-corrected chi connectivity index (χ4v) is 3.40. The Labute approximate surface area is 193 Å². The van der Waals surface area contributed by atoms with Gasteiger partial charge >= 0.3 is 0 Å². The third-order valence-electron chi connectivity index (χ3n) is 4.89. The van der Waals surface area contributed by atoms with E-state index in [1.807, 2.05) is 6.92 Å². The van der Waals surface area contributed by atoms with E-state index in [-0.39, 0.29) is 22.0 Å². The van der Waals surface area contributed by atoms with Crippen molar-refractivity contribution in [2.75, 3.05) is 10.2 Å². The van der Waals surface area contributed by atoms with Gasteiger partial charge in [0.15, 0.2) is 5.54 Å². The Bertz CT molecular complexity index is 1130. The summed E-state index contributed by atoms with van der Waals surface area (Å²) in [5.74, 6) is -2.82. The molecular weight excluding hydrogens is 461 g/mol. The van der Waals surface area contributed by atoms with Crippen molar-refractivity contribution in [2.24, 2.45) is 0 Å². The summed E-state index contributed by atoms with van der Waals surface area (Å²) in [5, 5.41) is 2.58. The summed E-state index contributed by atoms with van der Waals surface area (Å²) in [4.78, 5) is 35.2. The molecule has 10 heteroatoms. The second kappa shape index (κ2) is 9.58. The highest BCUT2D eigenvalue weighted by molar-refractivity contribution is 6.32. The van der Waals surface area contributed by atoms with Crippen LogP contribution < -0.4 is 10.2 Å². The summed E-state index contributed by atoms with van der Waals surface area (Å²) in [5.41, 5.74) is -3.30. The van der Waals surface area contributed by atoms with Crippen molar-refractivity contribution in [3.8, 4) is 0 Å². The van der Waals surface area contributed by atoms with E-state index in [1.165, 1.54) is 37.8 Å². The molecule has 0 radical (unpaired) electrons. The first-order valence-electron chi connectivity index (χ1n) is 9.35. The van der Waals surface area contributed by atoms with Gasteiger partial charge in [-0.2, -0.15) is 0 Å². The summed E-state index contributed by atoms with van der Waals surface area (Å²) in [6.45, 7) is 3.20. The lowest BCUT2D eigenvalue weighted by molar-refractivity contribution is -0.128. The Morgan fingerprint density at radius 3 is 2.31 bits per heavy atom. The minimum Gasteiger partial charge on any atom is -0.321 e. The van der Waals surface area contributed by atoms with Crippen LogP contribution >= 0.6 is 23.2 Å². The van der Waals surface area contributed by atoms with Crippen molar-refractivity contribution in [1.29, 1.82) is 0 Å². The van der Waals surface area contributed by atoms with Gasteiger partial charge < -0.3 is 5.32 Å². The van der Waals surface area contributed by atoms with Crippen LogP contribution in [-0.2, 0) is 15.1 Å². The van der Waals surface area contributed by atoms with E-state index in [4.69, 9.17) is 23.2 Å². The monoisotopic (exact) mass is 478 g/mol. The molecule has 2 aromatic carbocycles. The molecule has 6 nitrogen and oxygen atoms in total. The fraction of sp³-hybridized carbons (Fsp3) is 0.182. The van der Waals surface area contributed by atoms with Crippen molar-refractivity contribution in [1.82, 2.24) is 9.97 Å². The maximum absolute atomic E-state index is 14.4. The lowest BCUT2D eigenvalue weighted by atomic mass is 9.89. The minimum absolute atomic E-state index is 0.138. The predicted molar refractivity (Wildman–Crippen MR) is 119 cm³/mol. The van der Waals surface area contributed by atoms with Crippen molar-refractivity contribution >= 4 is 46.4 Å². The first-order chi connectivity index (χ1) is 15.1. The van der Waals surface area contributed by atoms with Crippen LogP contribution in [0.1, 0.15) is 18.1 Å². The lowest BCUT2D eigenvalue weighted by Gasteiger charge is -2.40.